The molecule has 0 bridgehead atoms. The van der Waals surface area contributed by atoms with E-state index in [0.717, 1.165) is 15.7 Å². The second kappa shape index (κ2) is 8.08. The summed E-state index contributed by atoms with van der Waals surface area (Å²) in [5, 5.41) is 5.89. The summed E-state index contributed by atoms with van der Waals surface area (Å²) in [5.41, 5.74) is 2.36. The zero-order chi connectivity index (χ0) is 16.8. The third-order valence-corrected chi connectivity index (χ3v) is 3.89. The molecule has 2 N–H and O–H groups in total. The fourth-order valence-electron chi connectivity index (χ4n) is 1.98. The molecule has 0 aliphatic heterocycles. The van der Waals surface area contributed by atoms with Crippen LogP contribution in [0.3, 0.4) is 0 Å². The first-order chi connectivity index (χ1) is 11.0. The highest BCUT2D eigenvalue weighted by Crippen LogP contribution is 2.23. The number of amides is 1. The molecule has 0 saturated carbocycles. The van der Waals surface area contributed by atoms with Crippen molar-refractivity contribution in [3.8, 4) is 5.75 Å². The first-order valence-electron chi connectivity index (χ1n) is 7.11. The van der Waals surface area contributed by atoms with Crippen molar-refractivity contribution in [3.05, 3.63) is 58.1 Å². The molecule has 0 unspecified atom stereocenters. The highest BCUT2D eigenvalue weighted by molar-refractivity contribution is 9.10. The molecular weight excluding hydrogens is 376 g/mol. The van der Waals surface area contributed by atoms with Crippen LogP contribution in [0, 0.1) is 6.92 Å². The zero-order valence-corrected chi connectivity index (χ0v) is 15.3. The van der Waals surface area contributed by atoms with Gasteiger partial charge in [0.1, 0.15) is 5.75 Å². The van der Waals surface area contributed by atoms with E-state index in [1.807, 2.05) is 38.1 Å². The van der Waals surface area contributed by atoms with Crippen molar-refractivity contribution in [1.82, 2.24) is 5.32 Å². The average molecular weight is 393 g/mol. The van der Waals surface area contributed by atoms with Crippen LogP contribution in [0.1, 0.15) is 22.8 Å². The molecule has 0 heterocycles. The first kappa shape index (κ1) is 17.4. The van der Waals surface area contributed by atoms with Gasteiger partial charge in [0, 0.05) is 4.47 Å². The third kappa shape index (κ3) is 4.77. The van der Waals surface area contributed by atoms with Gasteiger partial charge in [0.25, 0.3) is 5.91 Å². The number of rotatable bonds is 4. The Morgan fingerprint density at radius 1 is 1.26 bits per heavy atom. The van der Waals surface area contributed by atoms with E-state index in [1.165, 1.54) is 0 Å². The predicted octanol–water partition coefficient (Wildman–Crippen LogP) is 4.28. The van der Waals surface area contributed by atoms with E-state index >= 15 is 0 Å². The normalized spacial score (nSPS) is 10.0. The molecule has 23 heavy (non-hydrogen) atoms. The molecule has 2 aromatic rings. The van der Waals surface area contributed by atoms with E-state index in [4.69, 9.17) is 17.0 Å². The molecule has 120 valence electrons. The summed E-state index contributed by atoms with van der Waals surface area (Å²) in [6.45, 7) is 4.36. The third-order valence-electron chi connectivity index (χ3n) is 3.03. The smallest absolute Gasteiger partial charge is 0.261 e. The maximum Gasteiger partial charge on any atom is 0.261 e. The Morgan fingerprint density at radius 2 is 2.00 bits per heavy atom. The lowest BCUT2D eigenvalue weighted by molar-refractivity contribution is 0.0974. The van der Waals surface area contributed by atoms with Crippen LogP contribution in [0.15, 0.2) is 46.9 Å². The molecule has 2 rings (SSSR count). The summed E-state index contributed by atoms with van der Waals surface area (Å²) >= 11 is 8.67. The SMILES string of the molecule is CCOc1ccccc1C(=O)NC(=S)Nc1ccc(C)cc1Br. The van der Waals surface area contributed by atoms with E-state index in [-0.39, 0.29) is 11.0 Å². The van der Waals surface area contributed by atoms with Crippen LogP contribution in [0.25, 0.3) is 0 Å². The molecule has 1 amide bonds. The van der Waals surface area contributed by atoms with Crippen LogP contribution >= 0.6 is 28.1 Å². The molecule has 0 aliphatic carbocycles. The average Bonchev–Trinajstić information content (AvgIpc) is 2.51. The van der Waals surface area contributed by atoms with Crippen molar-refractivity contribution < 1.29 is 9.53 Å². The predicted molar refractivity (Wildman–Crippen MR) is 100 cm³/mol. The molecule has 0 spiro atoms. The molecule has 0 radical (unpaired) electrons. The van der Waals surface area contributed by atoms with Gasteiger partial charge in [-0.25, -0.2) is 0 Å². The molecule has 6 heteroatoms. The number of nitrogens with one attached hydrogen (secondary N) is 2. The molecule has 0 atom stereocenters. The first-order valence-corrected chi connectivity index (χ1v) is 8.31. The highest BCUT2D eigenvalue weighted by atomic mass is 79.9. The molecule has 0 aliphatic rings. The quantitative estimate of drug-likeness (QED) is 0.762. The van der Waals surface area contributed by atoms with Gasteiger partial charge in [-0.3, -0.25) is 10.1 Å². The zero-order valence-electron chi connectivity index (χ0n) is 12.9. The summed E-state index contributed by atoms with van der Waals surface area (Å²) < 4.78 is 6.34. The van der Waals surface area contributed by atoms with Crippen LogP contribution in [-0.2, 0) is 0 Å². The summed E-state index contributed by atoms with van der Waals surface area (Å²) in [6.07, 6.45) is 0. The van der Waals surface area contributed by atoms with Gasteiger partial charge in [-0.1, -0.05) is 18.2 Å². The number of ether oxygens (including phenoxy) is 1. The summed E-state index contributed by atoms with van der Waals surface area (Å²) in [4.78, 5) is 12.3. The lowest BCUT2D eigenvalue weighted by atomic mass is 10.2. The van der Waals surface area contributed by atoms with Crippen molar-refractivity contribution in [2.24, 2.45) is 0 Å². The lowest BCUT2D eigenvalue weighted by Gasteiger charge is -2.13. The molecule has 0 saturated heterocycles. The Balaban J connectivity index is 2.07. The van der Waals surface area contributed by atoms with Gasteiger partial charge >= 0.3 is 0 Å². The van der Waals surface area contributed by atoms with Gasteiger partial charge in [0.2, 0.25) is 0 Å². The monoisotopic (exact) mass is 392 g/mol. The number of aryl methyl sites for hydroxylation is 1. The number of halogens is 1. The van der Waals surface area contributed by atoms with Crippen LogP contribution in [0.4, 0.5) is 5.69 Å². The van der Waals surface area contributed by atoms with Crippen LogP contribution in [0.5, 0.6) is 5.75 Å². The van der Waals surface area contributed by atoms with Gasteiger partial charge < -0.3 is 10.1 Å². The lowest BCUT2D eigenvalue weighted by Crippen LogP contribution is -2.34. The van der Waals surface area contributed by atoms with E-state index in [0.29, 0.717) is 17.9 Å². The number of benzene rings is 2. The van der Waals surface area contributed by atoms with Crippen LogP contribution in [-0.4, -0.2) is 17.6 Å². The van der Waals surface area contributed by atoms with Crippen molar-refractivity contribution in [2.45, 2.75) is 13.8 Å². The number of hydrogen-bond acceptors (Lipinski definition) is 3. The maximum atomic E-state index is 12.3. The maximum absolute atomic E-state index is 12.3. The van der Waals surface area contributed by atoms with Crippen molar-refractivity contribution in [3.63, 3.8) is 0 Å². The van der Waals surface area contributed by atoms with Crippen molar-refractivity contribution >= 4 is 44.9 Å². The Kier molecular flexibility index (Phi) is 6.12. The van der Waals surface area contributed by atoms with Crippen LogP contribution in [0.2, 0.25) is 0 Å². The van der Waals surface area contributed by atoms with E-state index in [9.17, 15) is 4.79 Å². The minimum absolute atomic E-state index is 0.228. The standard InChI is InChI=1S/C17H17BrN2O2S/c1-3-22-15-7-5-4-6-12(15)16(21)20-17(23)19-14-9-8-11(2)10-13(14)18/h4-10H,3H2,1-2H3,(H2,19,20,21,23). The molecule has 4 nitrogen and oxygen atoms in total. The van der Waals surface area contributed by atoms with Gasteiger partial charge in [0.05, 0.1) is 17.9 Å². The van der Waals surface area contributed by atoms with Gasteiger partial charge in [0.15, 0.2) is 5.11 Å². The largest absolute Gasteiger partial charge is 0.493 e. The Morgan fingerprint density at radius 3 is 2.70 bits per heavy atom. The Bertz CT molecular complexity index is 734. The number of para-hydroxylation sites is 1. The molecule has 0 fully saturated rings. The molecule has 0 aromatic heterocycles. The number of thiocarbonyl (C=S) groups is 1. The van der Waals surface area contributed by atoms with Gasteiger partial charge in [-0.05, 0) is 71.8 Å². The second-order valence-corrected chi connectivity index (χ2v) is 6.08. The Labute approximate surface area is 149 Å². The minimum atomic E-state index is -0.310. The summed E-state index contributed by atoms with van der Waals surface area (Å²) in [7, 11) is 0. The molecular formula is C17H17BrN2O2S. The van der Waals surface area contributed by atoms with Crippen LogP contribution < -0.4 is 15.4 Å². The van der Waals surface area contributed by atoms with Crippen molar-refractivity contribution in [1.29, 1.82) is 0 Å². The van der Waals surface area contributed by atoms with E-state index in [2.05, 4.69) is 26.6 Å². The fraction of sp³-hybridized carbons (Fsp3) is 0.176. The highest BCUT2D eigenvalue weighted by Gasteiger charge is 2.13. The fourth-order valence-corrected chi connectivity index (χ4v) is 2.78. The van der Waals surface area contributed by atoms with Gasteiger partial charge in [-0.15, -0.1) is 0 Å². The molecule has 2 aromatic carbocycles. The van der Waals surface area contributed by atoms with Crippen molar-refractivity contribution in [2.75, 3.05) is 11.9 Å². The van der Waals surface area contributed by atoms with Gasteiger partial charge in [-0.2, -0.15) is 0 Å². The number of anilines is 1. The second-order valence-electron chi connectivity index (χ2n) is 4.82. The minimum Gasteiger partial charge on any atom is -0.493 e. The number of hydrogen-bond donors (Lipinski definition) is 2. The number of carbonyl (C=O) groups is 1. The van der Waals surface area contributed by atoms with E-state index in [1.54, 1.807) is 18.2 Å². The van der Waals surface area contributed by atoms with E-state index < -0.39 is 0 Å². The topological polar surface area (TPSA) is 50.4 Å². The summed E-state index contributed by atoms with van der Waals surface area (Å²) in [5.74, 6) is 0.224. The summed E-state index contributed by atoms with van der Waals surface area (Å²) in [6, 6.07) is 12.9. The Hall–Kier alpha value is -1.92. The number of carbonyl (C=O) groups excluding carboxylic acids is 1.